The van der Waals surface area contributed by atoms with Crippen molar-refractivity contribution >= 4 is 11.9 Å². The Hall–Kier alpha value is -2.22. The molecule has 98 valence electrons. The van der Waals surface area contributed by atoms with Gasteiger partial charge in [-0.05, 0) is 13.3 Å². The number of H-pyrrole nitrogens is 1. The monoisotopic (exact) mass is 255 g/mol. The van der Waals surface area contributed by atoms with Gasteiger partial charge >= 0.3 is 11.7 Å². The number of aromatic amines is 1. The third kappa shape index (κ3) is 3.14. The maximum Gasteiger partial charge on any atom is 0.335 e. The molecule has 0 amide bonds. The first-order valence-corrected chi connectivity index (χ1v) is 5.17. The van der Waals surface area contributed by atoms with Gasteiger partial charge in [-0.25, -0.2) is 9.36 Å². The van der Waals surface area contributed by atoms with Crippen LogP contribution in [0.15, 0.2) is 15.8 Å². The summed E-state index contributed by atoms with van der Waals surface area (Å²) >= 11 is 0. The van der Waals surface area contributed by atoms with E-state index in [1.54, 1.807) is 0 Å². The van der Waals surface area contributed by atoms with Crippen molar-refractivity contribution in [1.82, 2.24) is 9.55 Å². The van der Waals surface area contributed by atoms with Crippen LogP contribution in [0, 0.1) is 6.92 Å². The van der Waals surface area contributed by atoms with Crippen LogP contribution in [0.2, 0.25) is 0 Å². The highest BCUT2D eigenvalue weighted by atomic mass is 16.4. The van der Waals surface area contributed by atoms with E-state index in [0.29, 0.717) is 4.57 Å². The first-order chi connectivity index (χ1) is 8.32. The smallest absolute Gasteiger partial charge is 0.335 e. The van der Waals surface area contributed by atoms with Gasteiger partial charge in [0.25, 0.3) is 11.5 Å². The minimum absolute atomic E-state index is 0.0845. The zero-order chi connectivity index (χ0) is 13.9. The Morgan fingerprint density at radius 1 is 1.50 bits per heavy atom. The molecule has 1 rings (SSSR count). The summed E-state index contributed by atoms with van der Waals surface area (Å²) in [5, 5.41) is 8.47. The number of nitrogens with two attached hydrogens (primary N) is 1. The first kappa shape index (κ1) is 13.8. The molecule has 0 radical (unpaired) electrons. The Morgan fingerprint density at radius 3 is 2.67 bits per heavy atom. The molecule has 1 aromatic rings. The third-order valence-electron chi connectivity index (χ3n) is 2.34. The van der Waals surface area contributed by atoms with Gasteiger partial charge in [0.15, 0.2) is 0 Å². The van der Waals surface area contributed by atoms with Gasteiger partial charge in [0.2, 0.25) is 0 Å². The standard InChI is InChI=1S/C10H13N3O5/c1-5-4-13(10(18)12-8(5)16)9(17)6(11)2-3-7(14)15/h4,6H,2-3,11H2,1H3,(H,14,15)(H,12,16,18)/t6-/m0/s1. The highest BCUT2D eigenvalue weighted by molar-refractivity contribution is 5.84. The van der Waals surface area contributed by atoms with Crippen molar-refractivity contribution in [3.8, 4) is 0 Å². The number of carboxylic acids is 1. The van der Waals surface area contributed by atoms with Crippen molar-refractivity contribution in [3.63, 3.8) is 0 Å². The zero-order valence-corrected chi connectivity index (χ0v) is 9.67. The van der Waals surface area contributed by atoms with E-state index in [0.717, 1.165) is 6.20 Å². The third-order valence-corrected chi connectivity index (χ3v) is 2.34. The lowest BCUT2D eigenvalue weighted by molar-refractivity contribution is -0.137. The quantitative estimate of drug-likeness (QED) is 0.610. The molecular formula is C10H13N3O5. The summed E-state index contributed by atoms with van der Waals surface area (Å²) in [6.45, 7) is 1.44. The molecule has 1 atom stereocenters. The Balaban J connectivity index is 2.97. The number of carboxylic acid groups (broad SMARTS) is 1. The van der Waals surface area contributed by atoms with E-state index < -0.39 is 29.2 Å². The van der Waals surface area contributed by atoms with Crippen molar-refractivity contribution in [3.05, 3.63) is 32.6 Å². The lowest BCUT2D eigenvalue weighted by atomic mass is 10.1. The largest absolute Gasteiger partial charge is 0.481 e. The summed E-state index contributed by atoms with van der Waals surface area (Å²) in [5.74, 6) is -1.83. The van der Waals surface area contributed by atoms with Gasteiger partial charge in [-0.1, -0.05) is 0 Å². The topological polar surface area (TPSA) is 135 Å². The highest BCUT2D eigenvalue weighted by Gasteiger charge is 2.18. The fraction of sp³-hybridized carbons (Fsp3) is 0.400. The van der Waals surface area contributed by atoms with E-state index in [1.165, 1.54) is 6.92 Å². The second kappa shape index (κ2) is 5.41. The summed E-state index contributed by atoms with van der Waals surface area (Å²) < 4.78 is 0.684. The molecule has 18 heavy (non-hydrogen) atoms. The average molecular weight is 255 g/mol. The molecule has 0 aliphatic carbocycles. The lowest BCUT2D eigenvalue weighted by Gasteiger charge is -2.10. The maximum absolute atomic E-state index is 11.8. The zero-order valence-electron chi connectivity index (χ0n) is 9.67. The van der Waals surface area contributed by atoms with E-state index in [-0.39, 0.29) is 18.4 Å². The predicted molar refractivity (Wildman–Crippen MR) is 61.5 cm³/mol. The molecule has 1 heterocycles. The van der Waals surface area contributed by atoms with Crippen molar-refractivity contribution in [2.45, 2.75) is 25.8 Å². The van der Waals surface area contributed by atoms with Crippen LogP contribution >= 0.6 is 0 Å². The van der Waals surface area contributed by atoms with Crippen LogP contribution in [0.1, 0.15) is 23.2 Å². The summed E-state index contributed by atoms with van der Waals surface area (Å²) in [5.41, 5.74) is 4.21. The fourth-order valence-electron chi connectivity index (χ4n) is 1.31. The van der Waals surface area contributed by atoms with E-state index >= 15 is 0 Å². The molecule has 1 aromatic heterocycles. The van der Waals surface area contributed by atoms with E-state index in [4.69, 9.17) is 10.8 Å². The van der Waals surface area contributed by atoms with Gasteiger partial charge in [0.05, 0.1) is 6.04 Å². The molecule has 0 unspecified atom stereocenters. The van der Waals surface area contributed by atoms with Crippen LogP contribution in [-0.2, 0) is 4.79 Å². The normalized spacial score (nSPS) is 12.1. The minimum atomic E-state index is -1.11. The summed E-state index contributed by atoms with van der Waals surface area (Å²) in [4.78, 5) is 46.6. The first-order valence-electron chi connectivity index (χ1n) is 5.17. The number of nitrogens with one attached hydrogen (secondary N) is 1. The molecule has 0 aromatic carbocycles. The number of aryl methyl sites for hydroxylation is 1. The molecule has 0 saturated heterocycles. The highest BCUT2D eigenvalue weighted by Crippen LogP contribution is 1.97. The van der Waals surface area contributed by atoms with Crippen LogP contribution in [0.4, 0.5) is 0 Å². The SMILES string of the molecule is Cc1cn(C(=O)[C@@H](N)CCC(=O)O)c(=O)[nH]c1=O. The fourth-order valence-corrected chi connectivity index (χ4v) is 1.31. The van der Waals surface area contributed by atoms with Gasteiger partial charge in [-0.15, -0.1) is 0 Å². The van der Waals surface area contributed by atoms with Crippen LogP contribution in [0.25, 0.3) is 0 Å². The van der Waals surface area contributed by atoms with Crippen molar-refractivity contribution < 1.29 is 14.7 Å². The number of carbonyl (C=O) groups excluding carboxylic acids is 1. The minimum Gasteiger partial charge on any atom is -0.481 e. The van der Waals surface area contributed by atoms with Gasteiger partial charge in [0.1, 0.15) is 0 Å². The number of aromatic nitrogens is 2. The number of nitrogens with zero attached hydrogens (tertiary/aromatic N) is 1. The molecule has 0 saturated carbocycles. The number of rotatable bonds is 4. The molecule has 0 bridgehead atoms. The lowest BCUT2D eigenvalue weighted by Crippen LogP contribution is -2.43. The predicted octanol–water partition coefficient (Wildman–Crippen LogP) is -1.32. The summed E-state index contributed by atoms with van der Waals surface area (Å²) in [6, 6.07) is -1.11. The maximum atomic E-state index is 11.8. The van der Waals surface area contributed by atoms with Crippen LogP contribution in [0.5, 0.6) is 0 Å². The molecule has 4 N–H and O–H groups in total. The van der Waals surface area contributed by atoms with Crippen LogP contribution in [0.3, 0.4) is 0 Å². The van der Waals surface area contributed by atoms with Crippen molar-refractivity contribution in [1.29, 1.82) is 0 Å². The second-order valence-electron chi connectivity index (χ2n) is 3.82. The molecule has 8 heteroatoms. The molecular weight excluding hydrogens is 242 g/mol. The van der Waals surface area contributed by atoms with Gasteiger partial charge in [-0.2, -0.15) is 0 Å². The van der Waals surface area contributed by atoms with Crippen molar-refractivity contribution in [2.75, 3.05) is 0 Å². The summed E-state index contributed by atoms with van der Waals surface area (Å²) in [7, 11) is 0. The summed E-state index contributed by atoms with van der Waals surface area (Å²) in [6.07, 6.45) is 0.729. The number of hydrogen-bond acceptors (Lipinski definition) is 5. The van der Waals surface area contributed by atoms with Gasteiger partial charge < -0.3 is 10.8 Å². The molecule has 0 aliphatic heterocycles. The average Bonchev–Trinajstić information content (AvgIpc) is 2.29. The molecule has 8 nitrogen and oxygen atoms in total. The number of carbonyl (C=O) groups is 2. The van der Waals surface area contributed by atoms with Gasteiger partial charge in [-0.3, -0.25) is 19.4 Å². The second-order valence-corrected chi connectivity index (χ2v) is 3.82. The number of hydrogen-bond donors (Lipinski definition) is 3. The Kier molecular flexibility index (Phi) is 4.16. The van der Waals surface area contributed by atoms with E-state index in [1.807, 2.05) is 4.98 Å². The van der Waals surface area contributed by atoms with Gasteiger partial charge in [0, 0.05) is 18.2 Å². The van der Waals surface area contributed by atoms with Crippen LogP contribution < -0.4 is 17.0 Å². The number of aliphatic carboxylic acids is 1. The Labute approximate surface area is 101 Å². The van der Waals surface area contributed by atoms with E-state index in [9.17, 15) is 19.2 Å². The van der Waals surface area contributed by atoms with E-state index in [2.05, 4.69) is 0 Å². The Morgan fingerprint density at radius 2 is 2.11 bits per heavy atom. The van der Waals surface area contributed by atoms with Crippen molar-refractivity contribution in [2.24, 2.45) is 5.73 Å². The molecule has 0 spiro atoms. The molecule has 0 fully saturated rings. The molecule has 0 aliphatic rings. The Bertz CT molecular complexity index is 586. The van der Waals surface area contributed by atoms with Crippen LogP contribution in [-0.4, -0.2) is 32.6 Å².